The van der Waals surface area contributed by atoms with Gasteiger partial charge in [-0.15, -0.1) is 0 Å². The van der Waals surface area contributed by atoms with E-state index in [1.54, 1.807) is 12.5 Å². The van der Waals surface area contributed by atoms with Gasteiger partial charge in [-0.3, -0.25) is 4.40 Å². The van der Waals surface area contributed by atoms with Gasteiger partial charge < -0.3 is 10.3 Å². The third-order valence-electron chi connectivity index (χ3n) is 2.97. The van der Waals surface area contributed by atoms with Gasteiger partial charge in [0.15, 0.2) is 0 Å². The number of fused-ring (bicyclic) bond motifs is 1. The summed E-state index contributed by atoms with van der Waals surface area (Å²) in [7, 11) is 1.93. The standard InChI is InChI=1S/C12H12BrN5/c1-7-3-8(13)5-18-11(14)10(16-12(7)18)9-4-15-6-17(9)2/h3-6H,14H2,1-2H3. The highest BCUT2D eigenvalue weighted by Gasteiger charge is 2.15. The highest BCUT2D eigenvalue weighted by molar-refractivity contribution is 9.10. The Hall–Kier alpha value is -1.82. The fraction of sp³-hybridized carbons (Fsp3) is 0.167. The van der Waals surface area contributed by atoms with Gasteiger partial charge >= 0.3 is 0 Å². The van der Waals surface area contributed by atoms with Crippen molar-refractivity contribution in [1.82, 2.24) is 18.9 Å². The van der Waals surface area contributed by atoms with Crippen LogP contribution in [-0.2, 0) is 7.05 Å². The molecule has 0 radical (unpaired) electrons. The van der Waals surface area contributed by atoms with Crippen molar-refractivity contribution in [1.29, 1.82) is 0 Å². The predicted molar refractivity (Wildman–Crippen MR) is 74.2 cm³/mol. The minimum absolute atomic E-state index is 0.623. The van der Waals surface area contributed by atoms with Crippen molar-refractivity contribution < 1.29 is 0 Å². The molecule has 0 atom stereocenters. The maximum absolute atomic E-state index is 6.18. The molecular weight excluding hydrogens is 294 g/mol. The van der Waals surface area contributed by atoms with Crippen molar-refractivity contribution in [2.45, 2.75) is 6.92 Å². The van der Waals surface area contributed by atoms with E-state index in [0.29, 0.717) is 5.82 Å². The van der Waals surface area contributed by atoms with Crippen LogP contribution in [0, 0.1) is 6.92 Å². The Bertz CT molecular complexity index is 740. The Morgan fingerprint density at radius 3 is 2.83 bits per heavy atom. The number of imidazole rings is 2. The van der Waals surface area contributed by atoms with Crippen LogP contribution in [0.4, 0.5) is 5.82 Å². The number of halogens is 1. The van der Waals surface area contributed by atoms with Crippen LogP contribution in [0.5, 0.6) is 0 Å². The van der Waals surface area contributed by atoms with Gasteiger partial charge in [-0.05, 0) is 34.5 Å². The number of aromatic nitrogens is 4. The first-order chi connectivity index (χ1) is 8.58. The molecule has 0 saturated carbocycles. The van der Waals surface area contributed by atoms with E-state index in [1.165, 1.54) is 0 Å². The second-order valence-electron chi connectivity index (χ2n) is 4.27. The number of pyridine rings is 1. The van der Waals surface area contributed by atoms with Crippen LogP contribution in [0.1, 0.15) is 5.56 Å². The Kier molecular flexibility index (Phi) is 2.41. The van der Waals surface area contributed by atoms with Gasteiger partial charge in [0, 0.05) is 17.7 Å². The van der Waals surface area contributed by atoms with Crippen LogP contribution in [0.15, 0.2) is 29.3 Å². The Morgan fingerprint density at radius 2 is 2.17 bits per heavy atom. The molecule has 0 fully saturated rings. The molecule has 3 aromatic heterocycles. The van der Waals surface area contributed by atoms with E-state index >= 15 is 0 Å². The number of nitrogens with two attached hydrogens (primary N) is 1. The number of hydrogen-bond acceptors (Lipinski definition) is 3. The number of nitrogen functional groups attached to an aromatic ring is 1. The fourth-order valence-electron chi connectivity index (χ4n) is 2.06. The first kappa shape index (κ1) is 11.3. The second-order valence-corrected chi connectivity index (χ2v) is 5.19. The van der Waals surface area contributed by atoms with E-state index in [-0.39, 0.29) is 0 Å². The van der Waals surface area contributed by atoms with Crippen LogP contribution >= 0.6 is 15.9 Å². The van der Waals surface area contributed by atoms with Crippen LogP contribution in [-0.4, -0.2) is 18.9 Å². The average Bonchev–Trinajstić information content (AvgIpc) is 2.85. The molecule has 2 N–H and O–H groups in total. The molecule has 3 rings (SSSR count). The number of anilines is 1. The summed E-state index contributed by atoms with van der Waals surface area (Å²) in [6.07, 6.45) is 5.43. The molecule has 0 aromatic carbocycles. The van der Waals surface area contributed by atoms with E-state index in [1.807, 2.05) is 35.2 Å². The summed E-state index contributed by atoms with van der Waals surface area (Å²) in [5, 5.41) is 0. The average molecular weight is 306 g/mol. The van der Waals surface area contributed by atoms with Gasteiger partial charge in [-0.25, -0.2) is 9.97 Å². The molecule has 3 aromatic rings. The molecular formula is C12H12BrN5. The summed E-state index contributed by atoms with van der Waals surface area (Å²) >= 11 is 3.47. The summed E-state index contributed by atoms with van der Waals surface area (Å²) in [5.74, 6) is 0.623. The zero-order valence-electron chi connectivity index (χ0n) is 10.1. The number of nitrogens with zero attached hydrogens (tertiary/aromatic N) is 4. The van der Waals surface area contributed by atoms with Gasteiger partial charge in [0.1, 0.15) is 17.2 Å². The molecule has 92 valence electrons. The first-order valence-corrected chi connectivity index (χ1v) is 6.27. The number of rotatable bonds is 1. The van der Waals surface area contributed by atoms with Crippen molar-refractivity contribution in [3.8, 4) is 11.4 Å². The number of hydrogen-bond donors (Lipinski definition) is 1. The van der Waals surface area contributed by atoms with Crippen molar-refractivity contribution in [3.05, 3.63) is 34.8 Å². The van der Waals surface area contributed by atoms with E-state index in [4.69, 9.17) is 5.73 Å². The van der Waals surface area contributed by atoms with Crippen LogP contribution in [0.2, 0.25) is 0 Å². The maximum Gasteiger partial charge on any atom is 0.142 e. The molecule has 0 unspecified atom stereocenters. The SMILES string of the molecule is Cc1cc(Br)cn2c(N)c(-c3cncn3C)nc12. The Labute approximate surface area is 112 Å². The minimum Gasteiger partial charge on any atom is -0.383 e. The summed E-state index contributed by atoms with van der Waals surface area (Å²) < 4.78 is 4.78. The molecule has 0 aliphatic heterocycles. The molecule has 0 bridgehead atoms. The highest BCUT2D eigenvalue weighted by Crippen LogP contribution is 2.28. The normalized spacial score (nSPS) is 11.3. The van der Waals surface area contributed by atoms with Gasteiger partial charge in [0.2, 0.25) is 0 Å². The lowest BCUT2D eigenvalue weighted by Crippen LogP contribution is -1.97. The quantitative estimate of drug-likeness (QED) is 0.751. The summed E-state index contributed by atoms with van der Waals surface area (Å²) in [5.41, 5.74) is 9.79. The van der Waals surface area contributed by atoms with Gasteiger partial charge in [-0.2, -0.15) is 0 Å². The molecule has 5 nitrogen and oxygen atoms in total. The lowest BCUT2D eigenvalue weighted by atomic mass is 10.3. The predicted octanol–water partition coefficient (Wildman–Crippen LogP) is 2.39. The third kappa shape index (κ3) is 1.53. The van der Waals surface area contributed by atoms with Crippen molar-refractivity contribution in [2.24, 2.45) is 7.05 Å². The molecule has 6 heteroatoms. The van der Waals surface area contributed by atoms with Crippen LogP contribution in [0.25, 0.3) is 17.0 Å². The van der Waals surface area contributed by atoms with Crippen molar-refractivity contribution in [2.75, 3.05) is 5.73 Å². The number of aryl methyl sites for hydroxylation is 2. The largest absolute Gasteiger partial charge is 0.383 e. The minimum atomic E-state index is 0.623. The summed E-state index contributed by atoms with van der Waals surface area (Å²) in [6, 6.07) is 2.02. The molecule has 0 aliphatic rings. The maximum atomic E-state index is 6.18. The van der Waals surface area contributed by atoms with Gasteiger partial charge in [0.05, 0.1) is 18.2 Å². The van der Waals surface area contributed by atoms with E-state index in [0.717, 1.165) is 27.1 Å². The molecule has 0 saturated heterocycles. The zero-order valence-corrected chi connectivity index (χ0v) is 11.6. The zero-order chi connectivity index (χ0) is 12.9. The second kappa shape index (κ2) is 3.84. The monoisotopic (exact) mass is 305 g/mol. The Balaban J connectivity index is 2.36. The topological polar surface area (TPSA) is 61.1 Å². The first-order valence-electron chi connectivity index (χ1n) is 5.48. The highest BCUT2D eigenvalue weighted by atomic mass is 79.9. The van der Waals surface area contributed by atoms with E-state index in [2.05, 4.69) is 25.9 Å². The van der Waals surface area contributed by atoms with Crippen molar-refractivity contribution in [3.63, 3.8) is 0 Å². The Morgan fingerprint density at radius 1 is 1.39 bits per heavy atom. The lowest BCUT2D eigenvalue weighted by Gasteiger charge is -2.01. The summed E-state index contributed by atoms with van der Waals surface area (Å²) in [4.78, 5) is 8.71. The van der Waals surface area contributed by atoms with E-state index < -0.39 is 0 Å². The smallest absolute Gasteiger partial charge is 0.142 e. The van der Waals surface area contributed by atoms with Crippen molar-refractivity contribution >= 4 is 27.4 Å². The molecule has 3 heterocycles. The molecule has 0 spiro atoms. The van der Waals surface area contributed by atoms with Crippen LogP contribution < -0.4 is 5.73 Å². The summed E-state index contributed by atoms with van der Waals surface area (Å²) in [6.45, 7) is 2.01. The van der Waals surface area contributed by atoms with Gasteiger partial charge in [-0.1, -0.05) is 0 Å². The lowest BCUT2D eigenvalue weighted by molar-refractivity contribution is 0.918. The van der Waals surface area contributed by atoms with E-state index in [9.17, 15) is 0 Å². The molecule has 18 heavy (non-hydrogen) atoms. The third-order valence-corrected chi connectivity index (χ3v) is 3.40. The molecule has 0 amide bonds. The fourth-order valence-corrected chi connectivity index (χ4v) is 2.61. The van der Waals surface area contributed by atoms with Gasteiger partial charge in [0.25, 0.3) is 0 Å². The van der Waals surface area contributed by atoms with Crippen LogP contribution in [0.3, 0.4) is 0 Å². The molecule has 0 aliphatic carbocycles.